The quantitative estimate of drug-likeness (QED) is 0.669. The molecule has 2 atom stereocenters. The summed E-state index contributed by atoms with van der Waals surface area (Å²) in [5.41, 5.74) is 6.00. The maximum Gasteiger partial charge on any atom is 0.255 e. The van der Waals surface area contributed by atoms with Crippen LogP contribution in [0.15, 0.2) is 4.79 Å². The number of rotatable bonds is 1. The molecule has 4 heteroatoms. The number of H-pyrrole nitrogens is 1. The molecule has 4 nitrogen and oxygen atoms in total. The molecule has 1 aliphatic rings. The average molecular weight is 179 g/mol. The van der Waals surface area contributed by atoms with Crippen LogP contribution in [0.4, 0.5) is 5.82 Å². The molecule has 70 valence electrons. The number of anilines is 1. The molecule has 2 rings (SSSR count). The zero-order chi connectivity index (χ0) is 9.59. The average Bonchev–Trinajstić information content (AvgIpc) is 2.77. The summed E-state index contributed by atoms with van der Waals surface area (Å²) < 4.78 is 0. The van der Waals surface area contributed by atoms with Crippen LogP contribution in [0.1, 0.15) is 30.7 Å². The molecule has 1 saturated carbocycles. The monoisotopic (exact) mass is 179 g/mol. The number of nitrogens with zero attached hydrogens (tertiary/aromatic N) is 1. The summed E-state index contributed by atoms with van der Waals surface area (Å²) >= 11 is 0. The van der Waals surface area contributed by atoms with Crippen molar-refractivity contribution in [2.45, 2.75) is 26.2 Å². The molecule has 1 fully saturated rings. The van der Waals surface area contributed by atoms with Crippen LogP contribution in [-0.4, -0.2) is 9.97 Å². The second kappa shape index (κ2) is 2.58. The van der Waals surface area contributed by atoms with Gasteiger partial charge in [-0.1, -0.05) is 6.92 Å². The Morgan fingerprint density at radius 3 is 2.69 bits per heavy atom. The number of hydrogen-bond donors (Lipinski definition) is 2. The minimum Gasteiger partial charge on any atom is -0.383 e. The van der Waals surface area contributed by atoms with Gasteiger partial charge in [0.1, 0.15) is 11.6 Å². The summed E-state index contributed by atoms with van der Waals surface area (Å²) in [7, 11) is 0. The first-order chi connectivity index (χ1) is 6.09. The molecule has 13 heavy (non-hydrogen) atoms. The molecule has 3 N–H and O–H groups in total. The third kappa shape index (κ3) is 1.32. The number of hydrogen-bond acceptors (Lipinski definition) is 3. The van der Waals surface area contributed by atoms with Crippen molar-refractivity contribution in [3.05, 3.63) is 21.7 Å². The molecule has 0 aromatic carbocycles. The number of nitrogens with two attached hydrogens (primary N) is 1. The van der Waals surface area contributed by atoms with Crippen LogP contribution in [0.25, 0.3) is 0 Å². The van der Waals surface area contributed by atoms with E-state index in [-0.39, 0.29) is 5.56 Å². The van der Waals surface area contributed by atoms with Gasteiger partial charge in [0, 0.05) is 5.92 Å². The van der Waals surface area contributed by atoms with Gasteiger partial charge in [0.15, 0.2) is 0 Å². The van der Waals surface area contributed by atoms with Crippen LogP contribution in [0.3, 0.4) is 0 Å². The lowest BCUT2D eigenvalue weighted by molar-refractivity contribution is 0.831. The Kier molecular flexibility index (Phi) is 1.65. The molecular weight excluding hydrogens is 166 g/mol. The summed E-state index contributed by atoms with van der Waals surface area (Å²) in [6.45, 7) is 3.82. The number of nitrogens with one attached hydrogen (secondary N) is 1. The lowest BCUT2D eigenvalue weighted by Gasteiger charge is -2.01. The Morgan fingerprint density at radius 1 is 1.62 bits per heavy atom. The predicted molar refractivity (Wildman–Crippen MR) is 50.5 cm³/mol. The van der Waals surface area contributed by atoms with Gasteiger partial charge in [-0.25, -0.2) is 4.98 Å². The number of nitrogen functional groups attached to an aromatic ring is 1. The van der Waals surface area contributed by atoms with Crippen LogP contribution in [0, 0.1) is 12.8 Å². The van der Waals surface area contributed by atoms with Gasteiger partial charge in [-0.2, -0.15) is 0 Å². The van der Waals surface area contributed by atoms with Crippen LogP contribution < -0.4 is 11.3 Å². The Balaban J connectivity index is 2.45. The van der Waals surface area contributed by atoms with E-state index in [2.05, 4.69) is 16.9 Å². The van der Waals surface area contributed by atoms with E-state index in [0.29, 0.717) is 23.2 Å². The summed E-state index contributed by atoms with van der Waals surface area (Å²) in [5.74, 6) is 2.15. The fourth-order valence-corrected chi connectivity index (χ4v) is 1.45. The second-order valence-electron chi connectivity index (χ2n) is 3.78. The van der Waals surface area contributed by atoms with Gasteiger partial charge in [0.2, 0.25) is 0 Å². The molecule has 1 heterocycles. The van der Waals surface area contributed by atoms with Gasteiger partial charge in [0.05, 0.1) is 5.56 Å². The first-order valence-corrected chi connectivity index (χ1v) is 4.46. The Bertz CT molecular complexity index is 396. The van der Waals surface area contributed by atoms with Gasteiger partial charge >= 0.3 is 0 Å². The Hall–Kier alpha value is -1.32. The van der Waals surface area contributed by atoms with Crippen molar-refractivity contribution in [3.8, 4) is 0 Å². The van der Waals surface area contributed by atoms with E-state index < -0.39 is 0 Å². The van der Waals surface area contributed by atoms with Crippen molar-refractivity contribution < 1.29 is 0 Å². The van der Waals surface area contributed by atoms with E-state index in [9.17, 15) is 4.79 Å². The van der Waals surface area contributed by atoms with Crippen molar-refractivity contribution in [1.29, 1.82) is 0 Å². The topological polar surface area (TPSA) is 71.8 Å². The van der Waals surface area contributed by atoms with E-state index >= 15 is 0 Å². The van der Waals surface area contributed by atoms with Gasteiger partial charge < -0.3 is 10.7 Å². The SMILES string of the molecule is Cc1c(N)nc(C2CC2C)[nH]c1=O. The van der Waals surface area contributed by atoms with E-state index in [1.54, 1.807) is 6.92 Å². The van der Waals surface area contributed by atoms with Crippen molar-refractivity contribution in [1.82, 2.24) is 9.97 Å². The van der Waals surface area contributed by atoms with E-state index in [1.807, 2.05) is 0 Å². The summed E-state index contributed by atoms with van der Waals surface area (Å²) in [6.07, 6.45) is 1.10. The zero-order valence-electron chi connectivity index (χ0n) is 7.79. The van der Waals surface area contributed by atoms with Gasteiger partial charge in [-0.05, 0) is 19.3 Å². The molecule has 2 unspecified atom stereocenters. The van der Waals surface area contributed by atoms with Gasteiger partial charge in [-0.3, -0.25) is 4.79 Å². The molecule has 1 aliphatic carbocycles. The third-order valence-electron chi connectivity index (χ3n) is 2.67. The summed E-state index contributed by atoms with van der Waals surface area (Å²) in [6, 6.07) is 0. The first kappa shape index (κ1) is 8.29. The fourth-order valence-electron chi connectivity index (χ4n) is 1.45. The van der Waals surface area contributed by atoms with Gasteiger partial charge in [-0.15, -0.1) is 0 Å². The minimum atomic E-state index is -0.110. The van der Waals surface area contributed by atoms with Crippen LogP contribution in [-0.2, 0) is 0 Å². The molecule has 1 aromatic heterocycles. The largest absolute Gasteiger partial charge is 0.383 e. The minimum absolute atomic E-state index is 0.110. The fraction of sp³-hybridized carbons (Fsp3) is 0.556. The zero-order valence-corrected chi connectivity index (χ0v) is 7.79. The molecule has 0 saturated heterocycles. The maximum atomic E-state index is 11.3. The lowest BCUT2D eigenvalue weighted by atomic mass is 10.3. The number of aromatic nitrogens is 2. The molecule has 0 bridgehead atoms. The smallest absolute Gasteiger partial charge is 0.255 e. The first-order valence-electron chi connectivity index (χ1n) is 4.46. The highest BCUT2D eigenvalue weighted by atomic mass is 16.1. The highest BCUT2D eigenvalue weighted by molar-refractivity contribution is 5.37. The molecule has 0 spiro atoms. The highest BCUT2D eigenvalue weighted by Gasteiger charge is 2.36. The third-order valence-corrected chi connectivity index (χ3v) is 2.67. The lowest BCUT2D eigenvalue weighted by Crippen LogP contribution is -2.16. The van der Waals surface area contributed by atoms with Crippen molar-refractivity contribution >= 4 is 5.82 Å². The standard InChI is InChI=1S/C9H13N3O/c1-4-3-6(4)8-11-7(10)5(2)9(13)12-8/h4,6H,3H2,1-2H3,(H3,10,11,12,13). The van der Waals surface area contributed by atoms with Crippen LogP contribution >= 0.6 is 0 Å². The molecular formula is C9H13N3O. The molecule has 0 radical (unpaired) electrons. The van der Waals surface area contributed by atoms with Crippen LogP contribution in [0.2, 0.25) is 0 Å². The van der Waals surface area contributed by atoms with E-state index in [0.717, 1.165) is 12.2 Å². The van der Waals surface area contributed by atoms with Gasteiger partial charge in [0.25, 0.3) is 5.56 Å². The molecule has 0 amide bonds. The van der Waals surface area contributed by atoms with Crippen molar-refractivity contribution in [2.24, 2.45) is 5.92 Å². The highest BCUT2D eigenvalue weighted by Crippen LogP contribution is 2.45. The normalized spacial score (nSPS) is 26.0. The van der Waals surface area contributed by atoms with Crippen molar-refractivity contribution in [2.75, 3.05) is 5.73 Å². The summed E-state index contributed by atoms with van der Waals surface area (Å²) in [5, 5.41) is 0. The maximum absolute atomic E-state index is 11.3. The Morgan fingerprint density at radius 2 is 2.23 bits per heavy atom. The Labute approximate surface area is 76.2 Å². The predicted octanol–water partition coefficient (Wildman–Crippen LogP) is 0.784. The summed E-state index contributed by atoms with van der Waals surface area (Å²) in [4.78, 5) is 18.3. The van der Waals surface area contributed by atoms with E-state index in [4.69, 9.17) is 5.73 Å². The second-order valence-corrected chi connectivity index (χ2v) is 3.78. The molecule has 1 aromatic rings. The van der Waals surface area contributed by atoms with E-state index in [1.165, 1.54) is 0 Å². The van der Waals surface area contributed by atoms with Crippen molar-refractivity contribution in [3.63, 3.8) is 0 Å². The number of aromatic amines is 1. The van der Waals surface area contributed by atoms with Crippen LogP contribution in [0.5, 0.6) is 0 Å². The molecule has 0 aliphatic heterocycles.